The van der Waals surface area contributed by atoms with E-state index in [9.17, 15) is 0 Å². The fourth-order valence-electron chi connectivity index (χ4n) is 1.73. The topological polar surface area (TPSA) is 39.9 Å². The highest BCUT2D eigenvalue weighted by Crippen LogP contribution is 2.18. The van der Waals surface area contributed by atoms with Gasteiger partial charge in [-0.1, -0.05) is 23.4 Å². The van der Waals surface area contributed by atoms with Crippen LogP contribution in [0.3, 0.4) is 0 Å². The lowest BCUT2D eigenvalue weighted by atomic mass is 10.2. The number of halogens is 1. The van der Waals surface area contributed by atoms with E-state index in [0.717, 1.165) is 23.4 Å². The minimum atomic E-state index is 0.564. The summed E-state index contributed by atoms with van der Waals surface area (Å²) >= 11 is 5.67. The maximum atomic E-state index is 5.67. The van der Waals surface area contributed by atoms with Gasteiger partial charge in [-0.25, -0.2) is 4.68 Å². The molecular weight excluding hydrogens is 250 g/mol. The van der Waals surface area contributed by atoms with E-state index in [1.165, 1.54) is 0 Å². The van der Waals surface area contributed by atoms with E-state index in [4.69, 9.17) is 16.3 Å². The molecule has 1 aromatic carbocycles. The van der Waals surface area contributed by atoms with Gasteiger partial charge in [0.15, 0.2) is 0 Å². The van der Waals surface area contributed by atoms with Gasteiger partial charge in [0.2, 0.25) is 0 Å². The molecule has 0 unspecified atom stereocenters. The number of alkyl halides is 1. The van der Waals surface area contributed by atoms with Gasteiger partial charge >= 0.3 is 0 Å². The average molecular weight is 266 g/mol. The summed E-state index contributed by atoms with van der Waals surface area (Å²) in [6.07, 6.45) is 2.67. The van der Waals surface area contributed by atoms with Crippen molar-refractivity contribution in [3.63, 3.8) is 0 Å². The van der Waals surface area contributed by atoms with Crippen molar-refractivity contribution < 1.29 is 4.74 Å². The Bertz CT molecular complexity index is 498. The van der Waals surface area contributed by atoms with E-state index in [1.54, 1.807) is 4.68 Å². The second-order valence-corrected chi connectivity index (χ2v) is 4.27. The number of benzene rings is 1. The van der Waals surface area contributed by atoms with Gasteiger partial charge in [-0.05, 0) is 13.0 Å². The van der Waals surface area contributed by atoms with E-state index in [2.05, 4.69) is 10.3 Å². The van der Waals surface area contributed by atoms with Crippen molar-refractivity contribution in [2.75, 3.05) is 12.5 Å². The molecule has 96 valence electrons. The molecule has 0 saturated carbocycles. The number of hydrogen-bond acceptors (Lipinski definition) is 3. The second kappa shape index (κ2) is 6.40. The van der Waals surface area contributed by atoms with Crippen molar-refractivity contribution in [2.24, 2.45) is 0 Å². The smallest absolute Gasteiger partial charge is 0.124 e. The molecular formula is C13H16ClN3O. The number of ether oxygens (including phenoxy) is 1. The lowest BCUT2D eigenvalue weighted by Crippen LogP contribution is -2.03. The third-order valence-corrected chi connectivity index (χ3v) is 2.73. The number of rotatable bonds is 6. The van der Waals surface area contributed by atoms with Crippen LogP contribution in [0.1, 0.15) is 18.2 Å². The van der Waals surface area contributed by atoms with Gasteiger partial charge in [0.25, 0.3) is 0 Å². The van der Waals surface area contributed by atoms with Crippen molar-refractivity contribution in [2.45, 2.75) is 19.9 Å². The largest absolute Gasteiger partial charge is 0.494 e. The van der Waals surface area contributed by atoms with Gasteiger partial charge in [0.05, 0.1) is 18.8 Å². The molecule has 0 aliphatic rings. The number of nitrogens with zero attached hydrogens (tertiary/aromatic N) is 3. The number of aromatic nitrogens is 3. The summed E-state index contributed by atoms with van der Waals surface area (Å²) in [5.41, 5.74) is 2.01. The highest BCUT2D eigenvalue weighted by molar-refractivity contribution is 6.17. The molecule has 2 aromatic rings. The fourth-order valence-corrected chi connectivity index (χ4v) is 1.93. The van der Waals surface area contributed by atoms with Crippen LogP contribution >= 0.6 is 11.6 Å². The third-order valence-electron chi connectivity index (χ3n) is 2.54. The lowest BCUT2D eigenvalue weighted by molar-refractivity contribution is 0.335. The summed E-state index contributed by atoms with van der Waals surface area (Å²) in [7, 11) is 0. The molecule has 4 nitrogen and oxygen atoms in total. The molecule has 2 rings (SSSR count). The highest BCUT2D eigenvalue weighted by Gasteiger charge is 2.05. The highest BCUT2D eigenvalue weighted by atomic mass is 35.5. The molecule has 0 aliphatic heterocycles. The summed E-state index contributed by atoms with van der Waals surface area (Å²) in [5, 5.41) is 8.15. The third kappa shape index (κ3) is 3.23. The van der Waals surface area contributed by atoms with Crippen LogP contribution in [0.15, 0.2) is 30.5 Å². The standard InChI is InChI=1S/C13H16ClN3O/c1-2-18-13-6-4-3-5-11(13)9-17-10-12(7-8-14)15-16-17/h3-6,10H,2,7-9H2,1H3. The van der Waals surface area contributed by atoms with Gasteiger partial charge in [-0.15, -0.1) is 16.7 Å². The minimum absolute atomic E-state index is 0.564. The molecule has 1 aromatic heterocycles. The summed E-state index contributed by atoms with van der Waals surface area (Å²) in [6.45, 7) is 3.29. The fraction of sp³-hybridized carbons (Fsp3) is 0.385. The molecule has 0 spiro atoms. The predicted octanol–water partition coefficient (Wildman–Crippen LogP) is 2.51. The van der Waals surface area contributed by atoms with Crippen molar-refractivity contribution >= 4 is 11.6 Å². The van der Waals surface area contributed by atoms with Crippen LogP contribution in [-0.2, 0) is 13.0 Å². The molecule has 0 saturated heterocycles. The van der Waals surface area contributed by atoms with E-state index < -0.39 is 0 Å². The van der Waals surface area contributed by atoms with Crippen molar-refractivity contribution in [3.05, 3.63) is 41.7 Å². The Balaban J connectivity index is 2.12. The molecule has 0 aliphatic carbocycles. The first kappa shape index (κ1) is 12.9. The summed E-state index contributed by atoms with van der Waals surface area (Å²) in [4.78, 5) is 0. The van der Waals surface area contributed by atoms with Crippen LogP contribution in [0.4, 0.5) is 0 Å². The molecule has 0 bridgehead atoms. The normalized spacial score (nSPS) is 10.6. The molecule has 0 atom stereocenters. The van der Waals surface area contributed by atoms with Crippen LogP contribution in [0.2, 0.25) is 0 Å². The van der Waals surface area contributed by atoms with Gasteiger partial charge in [-0.3, -0.25) is 0 Å². The zero-order valence-corrected chi connectivity index (χ0v) is 11.1. The Morgan fingerprint density at radius 2 is 2.17 bits per heavy atom. The van der Waals surface area contributed by atoms with Crippen molar-refractivity contribution in [3.8, 4) is 5.75 Å². The SMILES string of the molecule is CCOc1ccccc1Cn1cc(CCCl)nn1. The van der Waals surface area contributed by atoms with Crippen LogP contribution in [-0.4, -0.2) is 27.5 Å². The van der Waals surface area contributed by atoms with Crippen LogP contribution in [0.5, 0.6) is 5.75 Å². The first-order valence-electron chi connectivity index (χ1n) is 5.99. The van der Waals surface area contributed by atoms with Crippen LogP contribution in [0.25, 0.3) is 0 Å². The molecule has 5 heteroatoms. The maximum Gasteiger partial charge on any atom is 0.124 e. The second-order valence-electron chi connectivity index (χ2n) is 3.89. The minimum Gasteiger partial charge on any atom is -0.494 e. The molecule has 0 fully saturated rings. The Morgan fingerprint density at radius 1 is 1.33 bits per heavy atom. The van der Waals surface area contributed by atoms with Gasteiger partial charge in [-0.2, -0.15) is 0 Å². The Hall–Kier alpha value is -1.55. The Kier molecular flexibility index (Phi) is 4.59. The lowest BCUT2D eigenvalue weighted by Gasteiger charge is -2.09. The number of hydrogen-bond donors (Lipinski definition) is 0. The average Bonchev–Trinajstić information content (AvgIpc) is 2.80. The zero-order valence-electron chi connectivity index (χ0n) is 10.3. The van der Waals surface area contributed by atoms with E-state index in [-0.39, 0.29) is 0 Å². The summed E-state index contributed by atoms with van der Waals surface area (Å²) in [6, 6.07) is 7.96. The quantitative estimate of drug-likeness (QED) is 0.754. The van der Waals surface area contributed by atoms with Gasteiger partial charge in [0, 0.05) is 24.1 Å². The number of aryl methyl sites for hydroxylation is 1. The van der Waals surface area contributed by atoms with Crippen LogP contribution < -0.4 is 4.74 Å². The summed E-state index contributed by atoms with van der Waals surface area (Å²) in [5.74, 6) is 1.46. The molecule has 0 amide bonds. The molecule has 18 heavy (non-hydrogen) atoms. The monoisotopic (exact) mass is 265 g/mol. The van der Waals surface area contributed by atoms with E-state index in [0.29, 0.717) is 19.0 Å². The zero-order chi connectivity index (χ0) is 12.8. The van der Waals surface area contributed by atoms with Crippen molar-refractivity contribution in [1.82, 2.24) is 15.0 Å². The molecule has 0 radical (unpaired) electrons. The Morgan fingerprint density at radius 3 is 2.94 bits per heavy atom. The Labute approximate surface area is 112 Å². The first-order chi connectivity index (χ1) is 8.83. The van der Waals surface area contributed by atoms with Gasteiger partial charge in [0.1, 0.15) is 5.75 Å². The van der Waals surface area contributed by atoms with Crippen molar-refractivity contribution in [1.29, 1.82) is 0 Å². The van der Waals surface area contributed by atoms with Crippen LogP contribution in [0, 0.1) is 0 Å². The molecule has 1 heterocycles. The summed E-state index contributed by atoms with van der Waals surface area (Å²) < 4.78 is 7.39. The molecule has 0 N–H and O–H groups in total. The van der Waals surface area contributed by atoms with E-state index >= 15 is 0 Å². The first-order valence-corrected chi connectivity index (χ1v) is 6.52. The predicted molar refractivity (Wildman–Crippen MR) is 71.2 cm³/mol. The maximum absolute atomic E-state index is 5.67. The van der Waals surface area contributed by atoms with Gasteiger partial charge < -0.3 is 4.74 Å². The number of para-hydroxylation sites is 1. The van der Waals surface area contributed by atoms with E-state index in [1.807, 2.05) is 37.4 Å².